The highest BCUT2D eigenvalue weighted by molar-refractivity contribution is 5.52. The predicted molar refractivity (Wildman–Crippen MR) is 36.6 cm³/mol. The molecule has 0 bridgehead atoms. The van der Waals surface area contributed by atoms with Crippen molar-refractivity contribution in [3.05, 3.63) is 29.2 Å². The number of nitrogens with one attached hydrogen (secondary N) is 1. The van der Waals surface area contributed by atoms with Crippen LogP contribution in [0.5, 0.6) is 0 Å². The summed E-state index contributed by atoms with van der Waals surface area (Å²) in [5.74, 6) is 0. The van der Waals surface area contributed by atoms with Crippen molar-refractivity contribution in [2.45, 2.75) is 0 Å². The van der Waals surface area contributed by atoms with Gasteiger partial charge in [0.25, 0.3) is 0 Å². The maximum absolute atomic E-state index is 8.36. The molecule has 2 N–H and O–H groups in total. The van der Waals surface area contributed by atoms with Gasteiger partial charge in [0.15, 0.2) is 4.98 Å². The number of hydrogen-bond acceptors (Lipinski definition) is 3. The number of diazo groups is 1. The molecule has 4 heteroatoms. The Morgan fingerprint density at radius 1 is 1.30 bits per heavy atom. The summed E-state index contributed by atoms with van der Waals surface area (Å²) in [7, 11) is 0. The molecule has 0 amide bonds. The van der Waals surface area contributed by atoms with Crippen LogP contribution in [0.15, 0.2) is 24.3 Å². The smallest absolute Gasteiger partial charge is 0.291 e. The minimum Gasteiger partial charge on any atom is -0.291 e. The Hall–Kier alpha value is -1.60. The van der Waals surface area contributed by atoms with E-state index in [1.165, 1.54) is 0 Å². The average Bonchev–Trinajstić information content (AvgIpc) is 2.05. The molecule has 0 atom stereocenters. The van der Waals surface area contributed by atoms with Gasteiger partial charge in [0.1, 0.15) is 0 Å². The molecule has 0 heterocycles. The first kappa shape index (κ1) is 6.52. The van der Waals surface area contributed by atoms with E-state index in [4.69, 9.17) is 10.6 Å². The maximum atomic E-state index is 8.36. The van der Waals surface area contributed by atoms with E-state index >= 15 is 0 Å². The Labute approximate surface area is 57.7 Å². The van der Waals surface area contributed by atoms with Gasteiger partial charge >= 0.3 is 5.69 Å². The Bertz CT molecular complexity index is 249. The molecule has 0 radical (unpaired) electrons. The fraction of sp³-hybridized carbons (Fsp3) is 0. The van der Waals surface area contributed by atoms with Gasteiger partial charge in [-0.25, -0.2) is 0 Å². The molecule has 4 nitrogen and oxygen atoms in total. The lowest BCUT2D eigenvalue weighted by atomic mass is 10.3. The lowest BCUT2D eigenvalue weighted by Gasteiger charge is -1.91. The number of hydrogen-bond donors (Lipinski definition) is 2. The highest BCUT2D eigenvalue weighted by Gasteiger charge is 2.00. The predicted octanol–water partition coefficient (Wildman–Crippen LogP) is 1.97. The number of rotatable bonds is 1. The summed E-state index contributed by atoms with van der Waals surface area (Å²) in [5.41, 5.74) is 2.97. The number of nitrogens with zero attached hydrogens (tertiary/aromatic N) is 2. The minimum atomic E-state index is 0.457. The summed E-state index contributed by atoms with van der Waals surface area (Å²) >= 11 is 0. The zero-order chi connectivity index (χ0) is 7.40. The summed E-state index contributed by atoms with van der Waals surface area (Å²) in [6.07, 6.45) is 0. The quantitative estimate of drug-likeness (QED) is 0.458. The van der Waals surface area contributed by atoms with Crippen LogP contribution in [0, 0.1) is 5.39 Å². The van der Waals surface area contributed by atoms with Crippen LogP contribution < -0.4 is 5.48 Å². The van der Waals surface area contributed by atoms with E-state index in [0.717, 1.165) is 0 Å². The molecule has 1 rings (SSSR count). The third kappa shape index (κ3) is 1.21. The van der Waals surface area contributed by atoms with Gasteiger partial charge < -0.3 is 0 Å². The summed E-state index contributed by atoms with van der Waals surface area (Å²) in [4.78, 5) is 2.94. The largest absolute Gasteiger partial charge is 0.385 e. The molecule has 0 aromatic heterocycles. The van der Waals surface area contributed by atoms with Crippen LogP contribution in [-0.4, -0.2) is 5.21 Å². The van der Waals surface area contributed by atoms with E-state index < -0.39 is 0 Å². The molecule has 1 aromatic carbocycles. The first-order valence-corrected chi connectivity index (χ1v) is 2.72. The molecule has 0 fully saturated rings. The van der Waals surface area contributed by atoms with Gasteiger partial charge in [0, 0.05) is 12.1 Å². The minimum absolute atomic E-state index is 0.457. The molecular weight excluding hydrogens is 130 g/mol. The Kier molecular flexibility index (Phi) is 1.83. The first-order chi connectivity index (χ1) is 4.86. The van der Waals surface area contributed by atoms with Crippen molar-refractivity contribution in [2.24, 2.45) is 0 Å². The van der Waals surface area contributed by atoms with Gasteiger partial charge in [0.05, 0.1) is 5.69 Å². The number of anilines is 1. The van der Waals surface area contributed by atoms with Crippen LogP contribution in [0.4, 0.5) is 11.4 Å². The van der Waals surface area contributed by atoms with Crippen molar-refractivity contribution >= 4 is 11.4 Å². The fourth-order valence-electron chi connectivity index (χ4n) is 0.603. The fourth-order valence-corrected chi connectivity index (χ4v) is 0.603. The summed E-state index contributed by atoms with van der Waals surface area (Å²) in [6.45, 7) is 0. The Balaban J connectivity index is 2.93. The second-order valence-electron chi connectivity index (χ2n) is 1.76. The van der Waals surface area contributed by atoms with Crippen molar-refractivity contribution in [2.75, 3.05) is 5.48 Å². The summed E-state index contributed by atoms with van der Waals surface area (Å²) < 4.78 is 0. The van der Waals surface area contributed by atoms with Crippen LogP contribution in [-0.2, 0) is 0 Å². The van der Waals surface area contributed by atoms with Crippen molar-refractivity contribution in [1.82, 2.24) is 0 Å². The third-order valence-electron chi connectivity index (χ3n) is 1.11. The molecular formula is C6H6N3O+. The lowest BCUT2D eigenvalue weighted by molar-refractivity contribution is 0.389. The molecule has 50 valence electrons. The van der Waals surface area contributed by atoms with E-state index in [9.17, 15) is 0 Å². The van der Waals surface area contributed by atoms with E-state index in [1.54, 1.807) is 24.3 Å². The molecule has 0 saturated carbocycles. The van der Waals surface area contributed by atoms with Gasteiger partial charge in [-0.3, -0.25) is 10.7 Å². The van der Waals surface area contributed by atoms with Gasteiger partial charge in [-0.2, -0.15) is 0 Å². The first-order valence-electron chi connectivity index (χ1n) is 2.72. The Morgan fingerprint density at radius 2 is 1.90 bits per heavy atom. The lowest BCUT2D eigenvalue weighted by Crippen LogP contribution is -1.86. The normalized spacial score (nSPS) is 8.40. The summed E-state index contributed by atoms with van der Waals surface area (Å²) in [6, 6.07) is 6.32. The third-order valence-corrected chi connectivity index (χ3v) is 1.11. The van der Waals surface area contributed by atoms with E-state index in [-0.39, 0.29) is 0 Å². The van der Waals surface area contributed by atoms with Crippen LogP contribution in [0.1, 0.15) is 0 Å². The number of benzene rings is 1. The molecule has 1 aromatic rings. The van der Waals surface area contributed by atoms with E-state index in [0.29, 0.717) is 11.4 Å². The van der Waals surface area contributed by atoms with Crippen LogP contribution in [0.2, 0.25) is 0 Å². The molecule has 0 saturated heterocycles. The van der Waals surface area contributed by atoms with Gasteiger partial charge in [-0.15, -0.1) is 0 Å². The Morgan fingerprint density at radius 3 is 2.30 bits per heavy atom. The van der Waals surface area contributed by atoms with Gasteiger partial charge in [-0.1, -0.05) is 0 Å². The van der Waals surface area contributed by atoms with Crippen molar-refractivity contribution in [3.63, 3.8) is 0 Å². The second-order valence-corrected chi connectivity index (χ2v) is 1.76. The summed E-state index contributed by atoms with van der Waals surface area (Å²) in [5, 5.41) is 16.6. The van der Waals surface area contributed by atoms with Crippen molar-refractivity contribution in [1.29, 1.82) is 5.39 Å². The van der Waals surface area contributed by atoms with E-state index in [1.807, 2.05) is 5.48 Å². The van der Waals surface area contributed by atoms with Crippen molar-refractivity contribution in [3.8, 4) is 0 Å². The second kappa shape index (κ2) is 2.80. The monoisotopic (exact) mass is 136 g/mol. The van der Waals surface area contributed by atoms with Gasteiger partial charge in [0.2, 0.25) is 5.39 Å². The molecule has 0 aliphatic rings. The van der Waals surface area contributed by atoms with Crippen LogP contribution in [0.3, 0.4) is 0 Å². The molecule has 0 spiro atoms. The zero-order valence-corrected chi connectivity index (χ0v) is 5.15. The SMILES string of the molecule is N#[N+]c1ccc(NO)cc1. The molecule has 10 heavy (non-hydrogen) atoms. The molecule has 0 aliphatic carbocycles. The molecule has 0 unspecified atom stereocenters. The molecule has 0 aliphatic heterocycles. The van der Waals surface area contributed by atoms with Gasteiger partial charge in [-0.05, 0) is 12.1 Å². The standard InChI is InChI=1S/C6H6N3O/c7-8-5-1-3-6(9-10)4-2-5/h1-4,9-10H/q+1. The zero-order valence-electron chi connectivity index (χ0n) is 5.15. The van der Waals surface area contributed by atoms with Crippen LogP contribution in [0.25, 0.3) is 4.98 Å². The van der Waals surface area contributed by atoms with Crippen LogP contribution >= 0.6 is 0 Å². The highest BCUT2D eigenvalue weighted by atomic mass is 16.5. The van der Waals surface area contributed by atoms with E-state index in [2.05, 4.69) is 4.98 Å². The average molecular weight is 136 g/mol. The topological polar surface area (TPSA) is 60.4 Å². The van der Waals surface area contributed by atoms with Crippen molar-refractivity contribution < 1.29 is 5.21 Å². The maximum Gasteiger partial charge on any atom is 0.385 e. The highest BCUT2D eigenvalue weighted by Crippen LogP contribution is 2.14.